The van der Waals surface area contributed by atoms with E-state index in [2.05, 4.69) is 25.7 Å². The molecule has 0 bridgehead atoms. The minimum absolute atomic E-state index is 0.433. The van der Waals surface area contributed by atoms with E-state index in [1.54, 1.807) is 0 Å². The van der Waals surface area contributed by atoms with E-state index in [9.17, 15) is 0 Å². The normalized spacial score (nSPS) is 17.4. The molecule has 0 spiro atoms. The van der Waals surface area contributed by atoms with Crippen molar-refractivity contribution in [1.82, 2.24) is 9.78 Å². The molecule has 2 heterocycles. The van der Waals surface area contributed by atoms with Crippen molar-refractivity contribution in [2.45, 2.75) is 32.1 Å². The van der Waals surface area contributed by atoms with Gasteiger partial charge in [0.1, 0.15) is 0 Å². The molecule has 1 aromatic carbocycles. The van der Waals surface area contributed by atoms with Gasteiger partial charge in [-0.05, 0) is 43.5 Å². The van der Waals surface area contributed by atoms with Gasteiger partial charge in [0.15, 0.2) is 0 Å². The predicted octanol–water partition coefficient (Wildman–Crippen LogP) is 3.58. The van der Waals surface area contributed by atoms with Crippen LogP contribution in [0.4, 0.5) is 0 Å². The first-order valence-corrected chi connectivity index (χ1v) is 8.88. The van der Waals surface area contributed by atoms with E-state index in [0.717, 1.165) is 54.2 Å². The molecule has 1 saturated heterocycles. The van der Waals surface area contributed by atoms with Gasteiger partial charge in [0.2, 0.25) is 0 Å². The van der Waals surface area contributed by atoms with Gasteiger partial charge in [-0.25, -0.2) is 4.68 Å². The van der Waals surface area contributed by atoms with Crippen LogP contribution in [0, 0.1) is 0 Å². The quantitative estimate of drug-likeness (QED) is 0.849. The van der Waals surface area contributed by atoms with Crippen molar-refractivity contribution in [3.05, 3.63) is 58.2 Å². The third-order valence-electron chi connectivity index (χ3n) is 4.35. The first-order valence-electron chi connectivity index (χ1n) is 8.50. The summed E-state index contributed by atoms with van der Waals surface area (Å²) >= 11 is 6.04. The van der Waals surface area contributed by atoms with Crippen LogP contribution in [0.5, 0.6) is 0 Å². The molecule has 3 rings (SSSR count). The maximum atomic E-state index is 6.04. The van der Waals surface area contributed by atoms with Crippen molar-refractivity contribution in [2.24, 2.45) is 0 Å². The van der Waals surface area contributed by atoms with Crippen molar-refractivity contribution in [3.8, 4) is 5.69 Å². The summed E-state index contributed by atoms with van der Waals surface area (Å²) in [7, 11) is 0. The summed E-state index contributed by atoms with van der Waals surface area (Å²) in [5.41, 5.74) is 2.17. The topological polar surface area (TPSA) is 27.1 Å². The molecule has 0 saturated carbocycles. The second-order valence-corrected chi connectivity index (χ2v) is 6.41. The molecule has 1 fully saturated rings. The number of aromatic nitrogens is 2. The van der Waals surface area contributed by atoms with Crippen LogP contribution in [0.25, 0.3) is 17.8 Å². The molecule has 0 unspecified atom stereocenters. The van der Waals surface area contributed by atoms with Gasteiger partial charge in [-0.2, -0.15) is 5.10 Å². The summed E-state index contributed by atoms with van der Waals surface area (Å²) in [6.45, 7) is 7.64. The average Bonchev–Trinajstić information content (AvgIpc) is 2.96. The number of hydrogen-bond donors (Lipinski definition) is 0. The van der Waals surface area contributed by atoms with Gasteiger partial charge >= 0.3 is 0 Å². The average molecular weight is 343 g/mol. The SMILES string of the molecule is C=C/C=c1/c(C2CCOCC2)nn(-c2ccc(Cl)cc2)/c1=C/CC. The molecule has 3 nitrogen and oxygen atoms in total. The summed E-state index contributed by atoms with van der Waals surface area (Å²) in [6.07, 6.45) is 9.12. The zero-order valence-corrected chi connectivity index (χ0v) is 14.8. The highest BCUT2D eigenvalue weighted by Gasteiger charge is 2.21. The number of halogens is 1. The zero-order valence-electron chi connectivity index (χ0n) is 14.0. The molecule has 2 aromatic rings. The monoisotopic (exact) mass is 342 g/mol. The molecular formula is C20H23ClN2O. The third-order valence-corrected chi connectivity index (χ3v) is 4.60. The zero-order chi connectivity index (χ0) is 16.9. The molecule has 0 N–H and O–H groups in total. The van der Waals surface area contributed by atoms with Crippen LogP contribution in [-0.4, -0.2) is 23.0 Å². The van der Waals surface area contributed by atoms with Crippen LogP contribution in [-0.2, 0) is 4.74 Å². The number of rotatable bonds is 4. The van der Waals surface area contributed by atoms with Crippen molar-refractivity contribution in [2.75, 3.05) is 13.2 Å². The highest BCUT2D eigenvalue weighted by atomic mass is 35.5. The van der Waals surface area contributed by atoms with Crippen molar-refractivity contribution >= 4 is 23.8 Å². The van der Waals surface area contributed by atoms with Crippen LogP contribution in [0.15, 0.2) is 36.9 Å². The Bertz CT molecular complexity index is 815. The van der Waals surface area contributed by atoms with Crippen molar-refractivity contribution in [1.29, 1.82) is 0 Å². The lowest BCUT2D eigenvalue weighted by atomic mass is 9.95. The second-order valence-electron chi connectivity index (χ2n) is 5.97. The molecule has 1 aromatic heterocycles. The Hall–Kier alpha value is -1.84. The summed E-state index contributed by atoms with van der Waals surface area (Å²) in [5.74, 6) is 0.433. The first-order chi connectivity index (χ1) is 11.7. The first kappa shape index (κ1) is 17.0. The molecule has 0 radical (unpaired) electrons. The molecular weight excluding hydrogens is 320 g/mol. The van der Waals surface area contributed by atoms with E-state index in [-0.39, 0.29) is 0 Å². The molecule has 4 heteroatoms. The Labute approximate surface area is 147 Å². The Balaban J connectivity index is 2.21. The van der Waals surface area contributed by atoms with Gasteiger partial charge in [0, 0.05) is 29.4 Å². The molecule has 24 heavy (non-hydrogen) atoms. The fourth-order valence-electron chi connectivity index (χ4n) is 3.19. The lowest BCUT2D eigenvalue weighted by molar-refractivity contribution is 0.0842. The predicted molar refractivity (Wildman–Crippen MR) is 100 cm³/mol. The van der Waals surface area contributed by atoms with Gasteiger partial charge in [-0.3, -0.25) is 0 Å². The van der Waals surface area contributed by atoms with E-state index in [1.807, 2.05) is 35.0 Å². The van der Waals surface area contributed by atoms with Crippen molar-refractivity contribution in [3.63, 3.8) is 0 Å². The van der Waals surface area contributed by atoms with Gasteiger partial charge in [0.05, 0.1) is 16.7 Å². The Morgan fingerprint density at radius 3 is 2.62 bits per heavy atom. The van der Waals surface area contributed by atoms with Crippen LogP contribution >= 0.6 is 11.6 Å². The molecule has 1 aliphatic rings. The number of allylic oxidation sites excluding steroid dienone is 1. The standard InChI is InChI=1S/C20H23ClN2O/c1-3-5-18-19(6-4-2)23(17-9-7-16(21)8-10-17)22-20(18)15-11-13-24-14-12-15/h3,5-10,15H,1,4,11-14H2,2H3/b18-5+,19-6+. The van der Waals surface area contributed by atoms with Gasteiger partial charge in [0.25, 0.3) is 0 Å². The number of ether oxygens (including phenoxy) is 1. The van der Waals surface area contributed by atoms with Gasteiger partial charge < -0.3 is 4.74 Å². The molecule has 0 amide bonds. The second kappa shape index (κ2) is 7.82. The Kier molecular flexibility index (Phi) is 5.54. The summed E-state index contributed by atoms with van der Waals surface area (Å²) < 4.78 is 7.54. The van der Waals surface area contributed by atoms with E-state index in [4.69, 9.17) is 21.4 Å². The van der Waals surface area contributed by atoms with Crippen molar-refractivity contribution < 1.29 is 4.74 Å². The number of benzene rings is 1. The highest BCUT2D eigenvalue weighted by Crippen LogP contribution is 2.23. The van der Waals surface area contributed by atoms with Crippen LogP contribution < -0.4 is 10.6 Å². The fraction of sp³-hybridized carbons (Fsp3) is 0.350. The van der Waals surface area contributed by atoms with Crippen LogP contribution in [0.1, 0.15) is 37.8 Å². The summed E-state index contributed by atoms with van der Waals surface area (Å²) in [5, 5.41) is 8.01. The third kappa shape index (κ3) is 3.47. The maximum absolute atomic E-state index is 6.04. The van der Waals surface area contributed by atoms with E-state index < -0.39 is 0 Å². The van der Waals surface area contributed by atoms with E-state index in [0.29, 0.717) is 5.92 Å². The highest BCUT2D eigenvalue weighted by molar-refractivity contribution is 6.30. The Morgan fingerprint density at radius 2 is 2.00 bits per heavy atom. The lowest BCUT2D eigenvalue weighted by Crippen LogP contribution is -2.31. The minimum Gasteiger partial charge on any atom is -0.381 e. The largest absolute Gasteiger partial charge is 0.381 e. The minimum atomic E-state index is 0.433. The molecule has 0 aliphatic carbocycles. The maximum Gasteiger partial charge on any atom is 0.0740 e. The summed E-state index contributed by atoms with van der Waals surface area (Å²) in [6, 6.07) is 7.82. The number of nitrogens with zero attached hydrogens (tertiary/aromatic N) is 2. The van der Waals surface area contributed by atoms with Crippen LogP contribution in [0.3, 0.4) is 0 Å². The summed E-state index contributed by atoms with van der Waals surface area (Å²) in [4.78, 5) is 0. The molecule has 0 atom stereocenters. The smallest absolute Gasteiger partial charge is 0.0740 e. The molecule has 126 valence electrons. The molecule has 1 aliphatic heterocycles. The number of hydrogen-bond acceptors (Lipinski definition) is 2. The van der Waals surface area contributed by atoms with E-state index in [1.165, 1.54) is 5.22 Å². The van der Waals surface area contributed by atoms with Crippen LogP contribution in [0.2, 0.25) is 5.02 Å². The lowest BCUT2D eigenvalue weighted by Gasteiger charge is -2.20. The van der Waals surface area contributed by atoms with Gasteiger partial charge in [-0.15, -0.1) is 0 Å². The Morgan fingerprint density at radius 1 is 1.29 bits per heavy atom. The van der Waals surface area contributed by atoms with E-state index >= 15 is 0 Å². The van der Waals surface area contributed by atoms with Gasteiger partial charge in [-0.1, -0.05) is 43.3 Å². The fourth-order valence-corrected chi connectivity index (χ4v) is 3.32.